The summed E-state index contributed by atoms with van der Waals surface area (Å²) in [5.74, 6) is 2.39. The van der Waals surface area contributed by atoms with E-state index in [1.807, 2.05) is 37.9 Å². The van der Waals surface area contributed by atoms with Crippen LogP contribution in [0.3, 0.4) is 0 Å². The maximum absolute atomic E-state index is 11.0. The number of imidazole rings is 1. The van der Waals surface area contributed by atoms with Crippen molar-refractivity contribution in [3.63, 3.8) is 0 Å². The molecule has 1 aliphatic carbocycles. The topological polar surface area (TPSA) is 85.4 Å². The molecule has 5 rings (SSSR count). The van der Waals surface area contributed by atoms with Gasteiger partial charge in [0.1, 0.15) is 17.3 Å². The van der Waals surface area contributed by atoms with Crippen molar-refractivity contribution in [2.24, 2.45) is 0 Å². The molecular formula is C30H37N5O2. The van der Waals surface area contributed by atoms with Crippen LogP contribution in [0, 0.1) is 0 Å². The van der Waals surface area contributed by atoms with Crippen molar-refractivity contribution in [1.29, 1.82) is 0 Å². The summed E-state index contributed by atoms with van der Waals surface area (Å²) in [4.78, 5) is 10.0. The predicted molar refractivity (Wildman–Crippen MR) is 152 cm³/mol. The number of rotatable bonds is 7. The van der Waals surface area contributed by atoms with Gasteiger partial charge in [0.05, 0.1) is 18.1 Å². The van der Waals surface area contributed by atoms with Crippen LogP contribution in [0.4, 0.5) is 5.95 Å². The third kappa shape index (κ3) is 5.57. The van der Waals surface area contributed by atoms with E-state index in [2.05, 4.69) is 64.2 Å². The van der Waals surface area contributed by atoms with Gasteiger partial charge in [0.15, 0.2) is 0 Å². The van der Waals surface area contributed by atoms with Crippen LogP contribution in [0.2, 0.25) is 0 Å². The molecule has 7 heteroatoms. The van der Waals surface area contributed by atoms with Crippen molar-refractivity contribution in [2.45, 2.75) is 39.8 Å². The molecule has 1 aromatic heterocycles. The highest BCUT2D eigenvalue weighted by molar-refractivity contribution is 5.80. The Labute approximate surface area is 219 Å². The summed E-state index contributed by atoms with van der Waals surface area (Å²) in [6, 6.07) is 12.5. The Morgan fingerprint density at radius 1 is 1.14 bits per heavy atom. The molecule has 0 spiro atoms. The van der Waals surface area contributed by atoms with E-state index in [4.69, 9.17) is 9.72 Å². The number of aliphatic hydroxyl groups excluding tert-OH is 1. The fourth-order valence-corrected chi connectivity index (χ4v) is 4.68. The number of nitrogens with zero attached hydrogens (tertiary/aromatic N) is 2. The van der Waals surface area contributed by atoms with Crippen molar-refractivity contribution < 1.29 is 9.84 Å². The Morgan fingerprint density at radius 2 is 1.86 bits per heavy atom. The number of methoxy groups -OCH3 is 1. The van der Waals surface area contributed by atoms with Gasteiger partial charge >= 0.3 is 0 Å². The first-order valence-corrected chi connectivity index (χ1v) is 12.8. The van der Waals surface area contributed by atoms with Crippen LogP contribution in [0.5, 0.6) is 0 Å². The number of hydrogen-bond donors (Lipinski definition) is 4. The Morgan fingerprint density at radius 3 is 2.57 bits per heavy atom. The zero-order valence-corrected chi connectivity index (χ0v) is 22.4. The van der Waals surface area contributed by atoms with Gasteiger partial charge in [0.2, 0.25) is 5.95 Å². The molecule has 0 unspecified atom stereocenters. The Balaban J connectivity index is 0.00000156. The van der Waals surface area contributed by atoms with Gasteiger partial charge in [-0.2, -0.15) is 0 Å². The molecule has 37 heavy (non-hydrogen) atoms. The highest BCUT2D eigenvalue weighted by Gasteiger charge is 2.18. The van der Waals surface area contributed by atoms with E-state index < -0.39 is 0 Å². The van der Waals surface area contributed by atoms with E-state index >= 15 is 0 Å². The number of anilines is 1. The molecule has 2 aromatic carbocycles. The lowest BCUT2D eigenvalue weighted by atomic mass is 10.0. The molecule has 0 atom stereocenters. The van der Waals surface area contributed by atoms with Crippen molar-refractivity contribution in [3.05, 3.63) is 100 Å². The van der Waals surface area contributed by atoms with E-state index in [1.165, 1.54) is 11.1 Å². The minimum atomic E-state index is 0.240. The van der Waals surface area contributed by atoms with Gasteiger partial charge < -0.3 is 25.5 Å². The lowest BCUT2D eigenvalue weighted by molar-refractivity contribution is 0.310. The smallest absolute Gasteiger partial charge is 0.209 e. The van der Waals surface area contributed by atoms with Crippen LogP contribution in [0.25, 0.3) is 16.6 Å². The number of nitrogens with one attached hydrogen (secondary N) is 3. The first-order chi connectivity index (χ1) is 18.1. The summed E-state index contributed by atoms with van der Waals surface area (Å²) < 4.78 is 5.57. The summed E-state index contributed by atoms with van der Waals surface area (Å²) in [5, 5.41) is 17.5. The first-order valence-electron chi connectivity index (χ1n) is 12.8. The molecule has 0 bridgehead atoms. The highest BCUT2D eigenvalue weighted by atomic mass is 16.5. The van der Waals surface area contributed by atoms with Crippen molar-refractivity contribution in [2.75, 3.05) is 26.1 Å². The zero-order chi connectivity index (χ0) is 26.4. The molecule has 3 aromatic rings. The molecule has 0 fully saturated rings. The second kappa shape index (κ2) is 11.8. The van der Waals surface area contributed by atoms with Crippen molar-refractivity contribution in [1.82, 2.24) is 20.6 Å². The fraction of sp³-hybridized carbons (Fsp3) is 0.300. The Hall–Kier alpha value is -3.97. The number of fused-ring (bicyclic) bond motifs is 2. The minimum Gasteiger partial charge on any atom is -0.508 e. The monoisotopic (exact) mass is 499 g/mol. The van der Waals surface area contributed by atoms with Crippen molar-refractivity contribution >= 4 is 22.6 Å². The second-order valence-electron chi connectivity index (χ2n) is 8.80. The molecule has 1 aliphatic heterocycles. The Bertz CT molecular complexity index is 1320. The molecule has 0 saturated carbocycles. The summed E-state index contributed by atoms with van der Waals surface area (Å²) in [5.41, 5.74) is 7.64. The van der Waals surface area contributed by atoms with Crippen molar-refractivity contribution in [3.8, 4) is 0 Å². The number of hydrogen-bond acceptors (Lipinski definition) is 6. The summed E-state index contributed by atoms with van der Waals surface area (Å²) in [6.45, 7) is 5.76. The van der Waals surface area contributed by atoms with Gasteiger partial charge in [-0.3, -0.25) is 4.90 Å². The predicted octanol–water partition coefficient (Wildman–Crippen LogP) is 5.69. The first kappa shape index (κ1) is 26.1. The lowest BCUT2D eigenvalue weighted by Crippen LogP contribution is -2.29. The number of ether oxygens (including phenoxy) is 1. The van der Waals surface area contributed by atoms with E-state index in [0.717, 1.165) is 53.0 Å². The average molecular weight is 500 g/mol. The molecule has 0 saturated heterocycles. The van der Waals surface area contributed by atoms with Crippen LogP contribution >= 0.6 is 0 Å². The summed E-state index contributed by atoms with van der Waals surface area (Å²) in [7, 11) is 5.39. The van der Waals surface area contributed by atoms with Gasteiger partial charge in [0.25, 0.3) is 0 Å². The van der Waals surface area contributed by atoms with Gasteiger partial charge in [0, 0.05) is 39.2 Å². The fourth-order valence-electron chi connectivity index (χ4n) is 4.68. The number of aromatic nitrogens is 2. The molecule has 0 radical (unpaired) electrons. The highest BCUT2D eigenvalue weighted by Crippen LogP contribution is 2.28. The molecule has 4 N–H and O–H groups in total. The number of benzene rings is 2. The normalized spacial score (nSPS) is 15.1. The van der Waals surface area contributed by atoms with Crippen LogP contribution in [-0.2, 0) is 24.2 Å². The zero-order valence-electron chi connectivity index (χ0n) is 22.4. The third-order valence-electron chi connectivity index (χ3n) is 6.55. The number of allylic oxidation sites excluding steroid dienone is 6. The summed E-state index contributed by atoms with van der Waals surface area (Å²) >= 11 is 0. The standard InChI is InChI=1S/C28H31N5O2.C2H6/c1-29-27(33(2)28-31-23-14-20-16-30-17-21(20)15-24(23)32-28)25(34)13-18-9-11-19(12-10-18)22-7-5-4-6-8-26(22)35-3;1-2/h4-5,7-12,14-15,29-30,34H,6,13,16-17H2,1-3H3,(H,31,32);1-2H3/b27-25-;. The molecule has 0 amide bonds. The minimum absolute atomic E-state index is 0.240. The van der Waals surface area contributed by atoms with E-state index in [9.17, 15) is 5.11 Å². The van der Waals surface area contributed by atoms with E-state index in [0.29, 0.717) is 18.2 Å². The number of aliphatic hydroxyl groups is 1. The number of aromatic amines is 1. The molecule has 2 aliphatic rings. The van der Waals surface area contributed by atoms with Gasteiger partial charge in [-0.25, -0.2) is 4.98 Å². The average Bonchev–Trinajstić information content (AvgIpc) is 3.48. The number of H-pyrrole nitrogens is 1. The van der Waals surface area contributed by atoms with Crippen LogP contribution in [0.15, 0.2) is 78.0 Å². The Kier molecular flexibility index (Phi) is 8.36. The molecule has 7 nitrogen and oxygen atoms in total. The van der Waals surface area contributed by atoms with Crippen LogP contribution in [-0.4, -0.2) is 36.3 Å². The third-order valence-corrected chi connectivity index (χ3v) is 6.55. The maximum atomic E-state index is 11.0. The van der Waals surface area contributed by atoms with E-state index in [-0.39, 0.29) is 5.76 Å². The maximum Gasteiger partial charge on any atom is 0.209 e. The second-order valence-corrected chi connectivity index (χ2v) is 8.80. The van der Waals surface area contributed by atoms with Gasteiger partial charge in [-0.1, -0.05) is 56.3 Å². The summed E-state index contributed by atoms with van der Waals surface area (Å²) in [6.07, 6.45) is 9.55. The van der Waals surface area contributed by atoms with Gasteiger partial charge in [-0.15, -0.1) is 0 Å². The SMILES string of the molecule is CC.CN/C(=C(/O)Cc1ccc(C2=CC=CCC=C2OC)cc1)N(C)c1nc2cc3c(cc2[nH]1)CNC3. The largest absolute Gasteiger partial charge is 0.508 e. The molecular weight excluding hydrogens is 462 g/mol. The quantitative estimate of drug-likeness (QED) is 0.313. The lowest BCUT2D eigenvalue weighted by Gasteiger charge is -2.21. The molecule has 2 heterocycles. The molecule has 194 valence electrons. The van der Waals surface area contributed by atoms with E-state index in [1.54, 1.807) is 14.2 Å². The van der Waals surface area contributed by atoms with Gasteiger partial charge in [-0.05, 0) is 46.9 Å². The van der Waals surface area contributed by atoms with Crippen LogP contribution < -0.4 is 15.5 Å². The van der Waals surface area contributed by atoms with Crippen LogP contribution in [0.1, 0.15) is 42.5 Å².